The maximum absolute atomic E-state index is 9.70. The normalized spacial score (nSPS) is 12.1. The van der Waals surface area contributed by atoms with Crippen LogP contribution in [0.4, 0.5) is 11.4 Å². The van der Waals surface area contributed by atoms with Gasteiger partial charge >= 0.3 is 0 Å². The highest BCUT2D eigenvalue weighted by molar-refractivity contribution is 5.52. The Bertz CT molecular complexity index is 521. The molecule has 0 bridgehead atoms. The zero-order valence-electron chi connectivity index (χ0n) is 11.1. The molecule has 1 atom stereocenters. The first-order chi connectivity index (χ1) is 9.16. The molecule has 3 heteroatoms. The molecule has 0 heterocycles. The van der Waals surface area contributed by atoms with Gasteiger partial charge in [-0.15, -0.1) is 0 Å². The number of hydrogen-bond donors (Lipinski definition) is 3. The third-order valence-electron chi connectivity index (χ3n) is 3.12. The highest BCUT2D eigenvalue weighted by Gasteiger charge is 2.06. The summed E-state index contributed by atoms with van der Waals surface area (Å²) in [5.41, 5.74) is 9.61. The number of aliphatic hydroxyl groups is 1. The SMILES string of the molecule is CC(O)c1ccccc1NCCc1ccc(N)cc1. The number of anilines is 2. The molecule has 2 aromatic rings. The second kappa shape index (κ2) is 6.25. The van der Waals surface area contributed by atoms with Gasteiger partial charge in [0.1, 0.15) is 0 Å². The summed E-state index contributed by atoms with van der Waals surface area (Å²) in [7, 11) is 0. The van der Waals surface area contributed by atoms with Gasteiger partial charge in [0.05, 0.1) is 6.10 Å². The van der Waals surface area contributed by atoms with Crippen LogP contribution in [0.3, 0.4) is 0 Å². The molecule has 0 amide bonds. The number of benzene rings is 2. The standard InChI is InChI=1S/C16H20N2O/c1-12(19)15-4-2-3-5-16(15)18-11-10-13-6-8-14(17)9-7-13/h2-9,12,18-19H,10-11,17H2,1H3. The van der Waals surface area contributed by atoms with Crippen molar-refractivity contribution in [3.8, 4) is 0 Å². The molecule has 2 rings (SSSR count). The van der Waals surface area contributed by atoms with Gasteiger partial charge in [-0.3, -0.25) is 0 Å². The number of nitrogen functional groups attached to an aromatic ring is 1. The minimum absolute atomic E-state index is 0.458. The second-order valence-electron chi connectivity index (χ2n) is 4.68. The van der Waals surface area contributed by atoms with E-state index in [4.69, 9.17) is 5.73 Å². The van der Waals surface area contributed by atoms with Crippen LogP contribution >= 0.6 is 0 Å². The number of hydrogen-bond acceptors (Lipinski definition) is 3. The fraction of sp³-hybridized carbons (Fsp3) is 0.250. The van der Waals surface area contributed by atoms with Crippen LogP contribution < -0.4 is 11.1 Å². The van der Waals surface area contributed by atoms with Crippen LogP contribution in [0.2, 0.25) is 0 Å². The molecule has 0 radical (unpaired) electrons. The van der Waals surface area contributed by atoms with Crippen molar-refractivity contribution in [2.45, 2.75) is 19.4 Å². The van der Waals surface area contributed by atoms with Gasteiger partial charge in [0.2, 0.25) is 0 Å². The van der Waals surface area contributed by atoms with E-state index in [1.807, 2.05) is 48.5 Å². The quantitative estimate of drug-likeness (QED) is 0.721. The largest absolute Gasteiger partial charge is 0.399 e. The maximum Gasteiger partial charge on any atom is 0.0781 e. The molecule has 3 nitrogen and oxygen atoms in total. The number of nitrogens with one attached hydrogen (secondary N) is 1. The molecule has 0 aliphatic heterocycles. The summed E-state index contributed by atoms with van der Waals surface area (Å²) < 4.78 is 0. The summed E-state index contributed by atoms with van der Waals surface area (Å²) in [4.78, 5) is 0. The molecule has 19 heavy (non-hydrogen) atoms. The Morgan fingerprint density at radius 1 is 1.11 bits per heavy atom. The molecule has 0 aromatic heterocycles. The third kappa shape index (κ3) is 3.73. The lowest BCUT2D eigenvalue weighted by molar-refractivity contribution is 0.200. The van der Waals surface area contributed by atoms with Gasteiger partial charge in [0.15, 0.2) is 0 Å². The van der Waals surface area contributed by atoms with Crippen molar-refractivity contribution in [3.63, 3.8) is 0 Å². The summed E-state index contributed by atoms with van der Waals surface area (Å²) in [6.07, 6.45) is 0.467. The minimum atomic E-state index is -0.458. The van der Waals surface area contributed by atoms with Crippen molar-refractivity contribution in [1.29, 1.82) is 0 Å². The van der Waals surface area contributed by atoms with Gasteiger partial charge in [0, 0.05) is 23.5 Å². The summed E-state index contributed by atoms with van der Waals surface area (Å²) in [6, 6.07) is 15.7. The number of para-hydroxylation sites is 1. The number of aliphatic hydroxyl groups excluding tert-OH is 1. The van der Waals surface area contributed by atoms with E-state index < -0.39 is 6.10 Å². The van der Waals surface area contributed by atoms with Crippen molar-refractivity contribution >= 4 is 11.4 Å². The lowest BCUT2D eigenvalue weighted by Crippen LogP contribution is -2.08. The molecule has 0 saturated heterocycles. The van der Waals surface area contributed by atoms with Gasteiger partial charge < -0.3 is 16.2 Å². The average molecular weight is 256 g/mol. The molecule has 0 saturated carbocycles. The lowest BCUT2D eigenvalue weighted by atomic mass is 10.1. The smallest absolute Gasteiger partial charge is 0.0781 e. The topological polar surface area (TPSA) is 58.3 Å². The van der Waals surface area contributed by atoms with Crippen LogP contribution in [0.1, 0.15) is 24.2 Å². The van der Waals surface area contributed by atoms with E-state index >= 15 is 0 Å². The molecule has 0 spiro atoms. The monoisotopic (exact) mass is 256 g/mol. The zero-order chi connectivity index (χ0) is 13.7. The van der Waals surface area contributed by atoms with E-state index in [1.165, 1.54) is 5.56 Å². The Balaban J connectivity index is 1.94. The lowest BCUT2D eigenvalue weighted by Gasteiger charge is -2.13. The molecule has 4 N–H and O–H groups in total. The summed E-state index contributed by atoms with van der Waals surface area (Å²) in [6.45, 7) is 2.61. The first-order valence-electron chi connectivity index (χ1n) is 6.52. The van der Waals surface area contributed by atoms with Crippen molar-refractivity contribution in [2.24, 2.45) is 0 Å². The Kier molecular flexibility index (Phi) is 4.42. The minimum Gasteiger partial charge on any atom is -0.399 e. The van der Waals surface area contributed by atoms with E-state index in [-0.39, 0.29) is 0 Å². The Labute approximate surface area is 114 Å². The zero-order valence-corrected chi connectivity index (χ0v) is 11.1. The van der Waals surface area contributed by atoms with Gasteiger partial charge in [-0.1, -0.05) is 30.3 Å². The van der Waals surface area contributed by atoms with Crippen LogP contribution in [0, 0.1) is 0 Å². The van der Waals surface area contributed by atoms with Crippen LogP contribution in [0.25, 0.3) is 0 Å². The summed E-state index contributed by atoms with van der Waals surface area (Å²) in [5, 5.41) is 13.1. The fourth-order valence-corrected chi connectivity index (χ4v) is 2.05. The second-order valence-corrected chi connectivity index (χ2v) is 4.68. The van der Waals surface area contributed by atoms with Crippen LogP contribution in [0.5, 0.6) is 0 Å². The molecule has 2 aromatic carbocycles. The number of nitrogens with two attached hydrogens (primary N) is 1. The fourth-order valence-electron chi connectivity index (χ4n) is 2.05. The molecular formula is C16H20N2O. The Hall–Kier alpha value is -2.00. The highest BCUT2D eigenvalue weighted by atomic mass is 16.3. The molecule has 0 fully saturated rings. The van der Waals surface area contributed by atoms with Crippen LogP contribution in [0.15, 0.2) is 48.5 Å². The van der Waals surface area contributed by atoms with Gasteiger partial charge in [-0.25, -0.2) is 0 Å². The predicted molar refractivity (Wildman–Crippen MR) is 80.1 cm³/mol. The van der Waals surface area contributed by atoms with E-state index in [2.05, 4.69) is 5.32 Å². The van der Waals surface area contributed by atoms with Crippen LogP contribution in [-0.4, -0.2) is 11.7 Å². The summed E-state index contributed by atoms with van der Waals surface area (Å²) >= 11 is 0. The Morgan fingerprint density at radius 3 is 2.47 bits per heavy atom. The van der Waals surface area contributed by atoms with Crippen LogP contribution in [-0.2, 0) is 6.42 Å². The van der Waals surface area contributed by atoms with Gasteiger partial charge in [0.25, 0.3) is 0 Å². The Morgan fingerprint density at radius 2 is 1.79 bits per heavy atom. The average Bonchev–Trinajstić information content (AvgIpc) is 2.41. The third-order valence-corrected chi connectivity index (χ3v) is 3.12. The van der Waals surface area contributed by atoms with E-state index in [1.54, 1.807) is 6.92 Å². The molecular weight excluding hydrogens is 236 g/mol. The molecule has 0 aliphatic carbocycles. The van der Waals surface area contributed by atoms with E-state index in [0.29, 0.717) is 0 Å². The van der Waals surface area contributed by atoms with Crippen molar-refractivity contribution < 1.29 is 5.11 Å². The molecule has 0 aliphatic rings. The highest BCUT2D eigenvalue weighted by Crippen LogP contribution is 2.22. The first kappa shape index (κ1) is 13.4. The molecule has 1 unspecified atom stereocenters. The van der Waals surface area contributed by atoms with Crippen molar-refractivity contribution in [2.75, 3.05) is 17.6 Å². The van der Waals surface area contributed by atoms with E-state index in [0.717, 1.165) is 29.9 Å². The molecule has 100 valence electrons. The maximum atomic E-state index is 9.70. The first-order valence-corrected chi connectivity index (χ1v) is 6.52. The number of rotatable bonds is 5. The predicted octanol–water partition coefficient (Wildman–Crippen LogP) is 2.98. The van der Waals surface area contributed by atoms with Gasteiger partial charge in [-0.2, -0.15) is 0 Å². The summed E-state index contributed by atoms with van der Waals surface area (Å²) in [5.74, 6) is 0. The van der Waals surface area contributed by atoms with E-state index in [9.17, 15) is 5.11 Å². The van der Waals surface area contributed by atoms with Gasteiger partial charge in [-0.05, 0) is 37.1 Å². The van der Waals surface area contributed by atoms with Crippen molar-refractivity contribution in [3.05, 3.63) is 59.7 Å². The van der Waals surface area contributed by atoms with Crippen molar-refractivity contribution in [1.82, 2.24) is 0 Å².